The van der Waals surface area contributed by atoms with Crippen molar-refractivity contribution in [2.45, 2.75) is 175 Å². The van der Waals surface area contributed by atoms with E-state index in [4.69, 9.17) is 0 Å². The molecule has 4 saturated carbocycles. The normalized spacial score (nSPS) is 31.7. The van der Waals surface area contributed by atoms with Crippen LogP contribution in [0.15, 0.2) is 0 Å². The van der Waals surface area contributed by atoms with Crippen LogP contribution in [0.5, 0.6) is 0 Å². The molecule has 0 bridgehead atoms. The van der Waals surface area contributed by atoms with Crippen LogP contribution in [0.3, 0.4) is 0 Å². The fourth-order valence-electron chi connectivity index (χ4n) is 12.0. The second-order valence-corrected chi connectivity index (χ2v) is 21.0. The summed E-state index contributed by atoms with van der Waals surface area (Å²) in [6.07, 6.45) is 12.0. The van der Waals surface area contributed by atoms with E-state index in [0.29, 0.717) is 25.3 Å². The molecule has 1 spiro atoms. The molecule has 6 fully saturated rings. The molecule has 4 N–H and O–H groups in total. The fraction of sp³-hybridized carbons (Fsp3) is 0.886. The molecule has 8 atom stereocenters. The van der Waals surface area contributed by atoms with Crippen LogP contribution >= 0.6 is 12.1 Å². The molecule has 6 aliphatic rings. The maximum atomic E-state index is 15.2. The predicted octanol–water partition coefficient (Wildman–Crippen LogP) is 5.42. The summed E-state index contributed by atoms with van der Waals surface area (Å²) in [6.45, 7) is 22.4. The third kappa shape index (κ3) is 8.50. The molecule has 57 heavy (non-hydrogen) atoms. The number of likely N-dealkylation sites (tertiary alicyclic amines) is 2. The minimum Gasteiger partial charge on any atom is -0.343 e. The number of amides is 5. The van der Waals surface area contributed by atoms with E-state index in [1.54, 1.807) is 4.90 Å². The molecule has 4 aliphatic carbocycles. The van der Waals surface area contributed by atoms with Crippen LogP contribution in [0.1, 0.15) is 146 Å². The Morgan fingerprint density at radius 3 is 2.09 bits per heavy atom. The molecule has 0 aromatic carbocycles. The average Bonchev–Trinajstić information content (AvgIpc) is 3.74. The predicted molar refractivity (Wildman–Crippen MR) is 225 cm³/mol. The largest absolute Gasteiger partial charge is 0.343 e. The van der Waals surface area contributed by atoms with E-state index in [-0.39, 0.29) is 64.2 Å². The van der Waals surface area contributed by atoms with Gasteiger partial charge in [-0.05, 0) is 104 Å². The van der Waals surface area contributed by atoms with Crippen molar-refractivity contribution in [3.05, 3.63) is 0 Å². The van der Waals surface area contributed by atoms with Crippen molar-refractivity contribution >= 4 is 41.7 Å². The van der Waals surface area contributed by atoms with Gasteiger partial charge < -0.3 is 20.9 Å². The van der Waals surface area contributed by atoms with Gasteiger partial charge in [0.1, 0.15) is 23.7 Å². The second-order valence-electron chi connectivity index (χ2n) is 20.1. The van der Waals surface area contributed by atoms with Crippen LogP contribution < -0.4 is 20.7 Å². The lowest BCUT2D eigenvalue weighted by Gasteiger charge is -2.38. The van der Waals surface area contributed by atoms with Gasteiger partial charge in [-0.3, -0.25) is 33.6 Å². The van der Waals surface area contributed by atoms with Crippen molar-refractivity contribution < 1.29 is 24.0 Å². The smallest absolute Gasteiger partial charge is 0.256 e. The maximum absolute atomic E-state index is 15.2. The van der Waals surface area contributed by atoms with Crippen LogP contribution in [0.25, 0.3) is 0 Å². The Hall–Kier alpha value is -2.38. The molecule has 12 nitrogen and oxygen atoms in total. The van der Waals surface area contributed by atoms with E-state index < -0.39 is 29.1 Å². The number of carbonyl (C=O) groups excluding carboxylic acids is 5. The fourth-order valence-corrected chi connectivity index (χ4v) is 12.6. The minimum atomic E-state index is -1.01. The van der Waals surface area contributed by atoms with E-state index in [2.05, 4.69) is 46.3 Å². The number of nitrogens with one attached hydrogen (secondary N) is 4. The highest BCUT2D eigenvalue weighted by Gasteiger charge is 2.75. The average molecular weight is 814 g/mol. The summed E-state index contributed by atoms with van der Waals surface area (Å²) in [6, 6.07) is -2.66. The van der Waals surface area contributed by atoms with E-state index in [9.17, 15) is 19.2 Å². The summed E-state index contributed by atoms with van der Waals surface area (Å²) in [5.74, 6) is -0.603. The standard InChI is InChI=1S/C44H75N7O5S/c1-10-30-26-44(30,40(56)48-57-50(12-3)13-4)47-37(53)32-25-29(34-42(8,9)43(34)22-18-23-43)27-51(32)39(55)35(41(5,6)7)46-38(54)33(28-19-15-14-16-20-28)45-36(52)31-21-17-24-49(31)11-2/h28-35H,10-27H2,1-9H3,(H,45,52)(H,46,54)(H,47,53)(H,48,56). The lowest BCUT2D eigenvalue weighted by Crippen LogP contribution is -2.62. The van der Waals surface area contributed by atoms with Crippen molar-refractivity contribution in [1.29, 1.82) is 0 Å². The van der Waals surface area contributed by atoms with E-state index in [1.807, 2.05) is 45.8 Å². The van der Waals surface area contributed by atoms with Crippen LogP contribution in [0, 0.1) is 39.9 Å². The van der Waals surface area contributed by atoms with Gasteiger partial charge in [-0.25, -0.2) is 4.31 Å². The number of rotatable bonds is 16. The molecule has 0 aromatic heterocycles. The van der Waals surface area contributed by atoms with Gasteiger partial charge in [0.25, 0.3) is 5.91 Å². The SMILES string of the molecule is CCC1CC1(NC(=O)C1CC(C2C(C)(C)C23CCC3)CN1C(=O)C(NC(=O)C(NC(=O)C1CCCN1CC)C1CCCCC1)C(C)(C)C)C(=O)NSN(CC)CC. The molecule has 0 radical (unpaired) electrons. The molecule has 5 amide bonds. The van der Waals surface area contributed by atoms with Gasteiger partial charge >= 0.3 is 0 Å². The first-order valence-electron chi connectivity index (χ1n) is 22.7. The van der Waals surface area contributed by atoms with E-state index >= 15 is 4.79 Å². The van der Waals surface area contributed by atoms with Crippen molar-refractivity contribution in [3.63, 3.8) is 0 Å². The topological polar surface area (TPSA) is 143 Å². The number of carbonyl (C=O) groups is 5. The highest BCUT2D eigenvalue weighted by molar-refractivity contribution is 7.95. The van der Waals surface area contributed by atoms with Crippen molar-refractivity contribution in [2.24, 2.45) is 39.9 Å². The Balaban J connectivity index is 1.25. The Morgan fingerprint density at radius 2 is 1.54 bits per heavy atom. The Kier molecular flexibility index (Phi) is 13.4. The van der Waals surface area contributed by atoms with Gasteiger partial charge in [0, 0.05) is 31.8 Å². The number of nitrogens with zero attached hydrogens (tertiary/aromatic N) is 3. The Labute approximate surface area is 347 Å². The third-order valence-electron chi connectivity index (χ3n) is 15.7. The summed E-state index contributed by atoms with van der Waals surface area (Å²) in [4.78, 5) is 76.0. The summed E-state index contributed by atoms with van der Waals surface area (Å²) in [7, 11) is 0. The zero-order chi connectivity index (χ0) is 41.5. The summed E-state index contributed by atoms with van der Waals surface area (Å²) in [5.41, 5.74) is -1.29. The maximum Gasteiger partial charge on any atom is 0.256 e. The Bertz CT molecular complexity index is 1500. The van der Waals surface area contributed by atoms with Crippen LogP contribution in [-0.4, -0.2) is 106 Å². The lowest BCUT2D eigenvalue weighted by atomic mass is 9.74. The van der Waals surface area contributed by atoms with E-state index in [1.165, 1.54) is 31.4 Å². The third-order valence-corrected chi connectivity index (χ3v) is 16.8. The van der Waals surface area contributed by atoms with Crippen molar-refractivity contribution in [2.75, 3.05) is 32.7 Å². The molecule has 0 aromatic rings. The first-order valence-corrected chi connectivity index (χ1v) is 23.5. The van der Waals surface area contributed by atoms with Gasteiger partial charge in [-0.1, -0.05) is 94.4 Å². The monoisotopic (exact) mass is 814 g/mol. The van der Waals surface area contributed by atoms with Gasteiger partial charge in [0.15, 0.2) is 0 Å². The highest BCUT2D eigenvalue weighted by atomic mass is 32.2. The molecule has 8 unspecified atom stereocenters. The lowest BCUT2D eigenvalue weighted by molar-refractivity contribution is -0.145. The molecular formula is C44H75N7O5S. The van der Waals surface area contributed by atoms with E-state index in [0.717, 1.165) is 77.5 Å². The summed E-state index contributed by atoms with van der Waals surface area (Å²) in [5, 5.41) is 9.62. The van der Waals surface area contributed by atoms with Crippen molar-refractivity contribution in [1.82, 2.24) is 34.8 Å². The molecule has 13 heteroatoms. The first-order chi connectivity index (χ1) is 27.0. The number of hydrogen-bond acceptors (Lipinski definition) is 8. The minimum absolute atomic E-state index is 0.00681. The van der Waals surface area contributed by atoms with Crippen LogP contribution in [0.2, 0.25) is 0 Å². The Morgan fingerprint density at radius 1 is 0.860 bits per heavy atom. The molecular weight excluding hydrogens is 739 g/mol. The van der Waals surface area contributed by atoms with Gasteiger partial charge in [-0.2, -0.15) is 0 Å². The quantitative estimate of drug-likeness (QED) is 0.152. The van der Waals surface area contributed by atoms with Crippen LogP contribution in [-0.2, 0) is 24.0 Å². The highest BCUT2D eigenvalue weighted by Crippen LogP contribution is 2.80. The number of likely N-dealkylation sites (N-methyl/N-ethyl adjacent to an activating group) is 1. The molecule has 6 rings (SSSR count). The zero-order valence-electron chi connectivity index (χ0n) is 36.6. The van der Waals surface area contributed by atoms with Crippen LogP contribution in [0.4, 0.5) is 0 Å². The molecule has 2 saturated heterocycles. The van der Waals surface area contributed by atoms with Crippen molar-refractivity contribution in [3.8, 4) is 0 Å². The first kappa shape index (κ1) is 44.2. The molecule has 2 aliphatic heterocycles. The molecule has 322 valence electrons. The van der Waals surface area contributed by atoms with Gasteiger partial charge in [0.2, 0.25) is 23.6 Å². The number of hydrogen-bond donors (Lipinski definition) is 4. The van der Waals surface area contributed by atoms with Gasteiger partial charge in [-0.15, -0.1) is 0 Å². The summed E-state index contributed by atoms with van der Waals surface area (Å²) < 4.78 is 5.07. The summed E-state index contributed by atoms with van der Waals surface area (Å²) >= 11 is 1.28. The zero-order valence-corrected chi connectivity index (χ0v) is 37.5. The van der Waals surface area contributed by atoms with Gasteiger partial charge in [0.05, 0.1) is 6.04 Å². The second kappa shape index (κ2) is 17.3. The molecule has 2 heterocycles.